The quantitative estimate of drug-likeness (QED) is 0.851. The van der Waals surface area contributed by atoms with Crippen LogP contribution in [0.1, 0.15) is 31.2 Å². The summed E-state index contributed by atoms with van der Waals surface area (Å²) in [6.07, 6.45) is 2.39. The molecule has 1 heterocycles. The van der Waals surface area contributed by atoms with Crippen molar-refractivity contribution in [1.29, 1.82) is 5.26 Å². The Morgan fingerprint density at radius 3 is 3.00 bits per heavy atom. The van der Waals surface area contributed by atoms with Crippen molar-refractivity contribution in [1.82, 2.24) is 9.97 Å². The lowest BCUT2D eigenvalue weighted by Gasteiger charge is -2.06. The van der Waals surface area contributed by atoms with Crippen LogP contribution in [0.2, 0.25) is 0 Å². The van der Waals surface area contributed by atoms with Crippen molar-refractivity contribution in [3.8, 4) is 11.8 Å². The summed E-state index contributed by atoms with van der Waals surface area (Å²) in [5.41, 5.74) is 1.89. The first kappa shape index (κ1) is 13.4. The fourth-order valence-electron chi connectivity index (χ4n) is 2.03. The maximum Gasteiger partial charge on any atom is 0.303 e. The summed E-state index contributed by atoms with van der Waals surface area (Å²) in [5.74, 6) is 1.37. The number of esters is 1. The second-order valence-corrected chi connectivity index (χ2v) is 5.20. The molecule has 1 aromatic heterocycles. The number of carbonyl (C=O) groups excluding carboxylic acids is 1. The number of aromatic amines is 1. The van der Waals surface area contributed by atoms with E-state index in [0.29, 0.717) is 35.2 Å². The van der Waals surface area contributed by atoms with Crippen molar-refractivity contribution in [3.63, 3.8) is 0 Å². The van der Waals surface area contributed by atoms with Gasteiger partial charge in [-0.25, -0.2) is 4.98 Å². The highest BCUT2D eigenvalue weighted by Gasteiger charge is 2.22. The zero-order valence-electron chi connectivity index (χ0n) is 11.7. The molecule has 1 N–H and O–H groups in total. The average Bonchev–Trinajstić information content (AvgIpc) is 3.20. The normalized spacial score (nSPS) is 13.9. The van der Waals surface area contributed by atoms with E-state index in [2.05, 4.69) is 16.0 Å². The minimum atomic E-state index is -0.360. The fraction of sp³-hybridized carbons (Fsp3) is 0.400. The van der Waals surface area contributed by atoms with Crippen molar-refractivity contribution in [2.75, 3.05) is 6.61 Å². The van der Waals surface area contributed by atoms with Gasteiger partial charge < -0.3 is 14.5 Å². The van der Waals surface area contributed by atoms with Crippen LogP contribution in [0.5, 0.6) is 5.75 Å². The number of hydrogen-bond acceptors (Lipinski definition) is 5. The first-order valence-electron chi connectivity index (χ1n) is 6.84. The van der Waals surface area contributed by atoms with E-state index in [1.165, 1.54) is 19.8 Å². The summed E-state index contributed by atoms with van der Waals surface area (Å²) >= 11 is 0. The molecule has 0 amide bonds. The van der Waals surface area contributed by atoms with E-state index in [0.717, 1.165) is 5.52 Å². The van der Waals surface area contributed by atoms with E-state index in [4.69, 9.17) is 9.47 Å². The predicted octanol–water partition coefficient (Wildman–Crippen LogP) is 2.29. The smallest absolute Gasteiger partial charge is 0.303 e. The first-order chi connectivity index (χ1) is 10.2. The molecule has 6 nitrogen and oxygen atoms in total. The molecule has 6 heteroatoms. The lowest BCUT2D eigenvalue weighted by Crippen LogP contribution is -2.00. The number of aromatic nitrogens is 2. The van der Waals surface area contributed by atoms with Crippen LogP contribution in [0, 0.1) is 17.2 Å². The SMILES string of the molecule is CC(=O)OCc1nc2cc(C#N)c(OCC3CC3)cc2[nH]1. The van der Waals surface area contributed by atoms with Crippen molar-refractivity contribution < 1.29 is 14.3 Å². The molecule has 0 atom stereocenters. The first-order valence-corrected chi connectivity index (χ1v) is 6.84. The lowest BCUT2D eigenvalue weighted by atomic mass is 10.2. The van der Waals surface area contributed by atoms with Gasteiger partial charge in [0.05, 0.1) is 23.2 Å². The molecule has 108 valence electrons. The number of benzene rings is 1. The Hall–Kier alpha value is -2.55. The Morgan fingerprint density at radius 2 is 2.33 bits per heavy atom. The number of H-pyrrole nitrogens is 1. The van der Waals surface area contributed by atoms with Crippen LogP contribution in [0.15, 0.2) is 12.1 Å². The maximum absolute atomic E-state index is 10.8. The second-order valence-electron chi connectivity index (χ2n) is 5.20. The number of nitrogens with one attached hydrogen (secondary N) is 1. The van der Waals surface area contributed by atoms with Crippen molar-refractivity contribution in [2.24, 2.45) is 5.92 Å². The number of fused-ring (bicyclic) bond motifs is 1. The Kier molecular flexibility index (Phi) is 3.48. The van der Waals surface area contributed by atoms with Crippen LogP contribution < -0.4 is 4.74 Å². The number of imidazole rings is 1. The Morgan fingerprint density at radius 1 is 1.52 bits per heavy atom. The highest BCUT2D eigenvalue weighted by atomic mass is 16.5. The third kappa shape index (κ3) is 3.14. The number of carbonyl (C=O) groups is 1. The molecular formula is C15H15N3O3. The summed E-state index contributed by atoms with van der Waals surface area (Å²) in [5, 5.41) is 9.20. The number of nitrogens with zero attached hydrogens (tertiary/aromatic N) is 2. The van der Waals surface area contributed by atoms with E-state index in [9.17, 15) is 10.1 Å². The van der Waals surface area contributed by atoms with Crippen LogP contribution in [0.25, 0.3) is 11.0 Å². The van der Waals surface area contributed by atoms with E-state index in [-0.39, 0.29) is 12.6 Å². The summed E-state index contributed by atoms with van der Waals surface area (Å²) in [4.78, 5) is 18.2. The van der Waals surface area contributed by atoms with Gasteiger partial charge in [-0.05, 0) is 24.8 Å². The van der Waals surface area contributed by atoms with E-state index >= 15 is 0 Å². The minimum absolute atomic E-state index is 0.0875. The van der Waals surface area contributed by atoms with Crippen LogP contribution in [-0.4, -0.2) is 22.5 Å². The number of rotatable bonds is 5. The molecule has 0 bridgehead atoms. The van der Waals surface area contributed by atoms with E-state index in [1.54, 1.807) is 12.1 Å². The molecule has 1 saturated carbocycles. The molecule has 1 aromatic carbocycles. The molecule has 1 aliphatic carbocycles. The number of hydrogen-bond donors (Lipinski definition) is 1. The van der Waals surface area contributed by atoms with E-state index < -0.39 is 0 Å². The average molecular weight is 285 g/mol. The van der Waals surface area contributed by atoms with Crippen LogP contribution in [-0.2, 0) is 16.1 Å². The van der Waals surface area contributed by atoms with Gasteiger partial charge in [-0.15, -0.1) is 0 Å². The molecule has 0 unspecified atom stereocenters. The molecule has 0 saturated heterocycles. The summed E-state index contributed by atoms with van der Waals surface area (Å²) in [7, 11) is 0. The number of nitriles is 1. The zero-order valence-corrected chi connectivity index (χ0v) is 11.7. The van der Waals surface area contributed by atoms with Gasteiger partial charge >= 0.3 is 5.97 Å². The standard InChI is InChI=1S/C15H15N3O3/c1-9(19)20-8-15-17-12-4-11(6-16)14(5-13(12)18-15)21-7-10-2-3-10/h4-5,10H,2-3,7-8H2,1H3,(H,17,18). The highest BCUT2D eigenvalue weighted by Crippen LogP contribution is 2.31. The van der Waals surface area contributed by atoms with Gasteiger partial charge in [-0.2, -0.15) is 5.26 Å². The van der Waals surface area contributed by atoms with Gasteiger partial charge in [-0.3, -0.25) is 4.79 Å². The molecule has 1 aliphatic rings. The van der Waals surface area contributed by atoms with Gasteiger partial charge in [0.2, 0.25) is 0 Å². The molecule has 0 radical (unpaired) electrons. The van der Waals surface area contributed by atoms with Gasteiger partial charge in [0, 0.05) is 13.0 Å². The Labute approximate surface area is 121 Å². The zero-order chi connectivity index (χ0) is 14.8. The summed E-state index contributed by atoms with van der Waals surface area (Å²) in [6, 6.07) is 5.59. The van der Waals surface area contributed by atoms with Crippen LogP contribution in [0.3, 0.4) is 0 Å². The fourth-order valence-corrected chi connectivity index (χ4v) is 2.03. The van der Waals surface area contributed by atoms with Gasteiger partial charge in [0.25, 0.3) is 0 Å². The molecule has 0 aliphatic heterocycles. The number of ether oxygens (including phenoxy) is 2. The molecule has 3 rings (SSSR count). The third-order valence-corrected chi connectivity index (χ3v) is 3.34. The summed E-state index contributed by atoms with van der Waals surface area (Å²) in [6.45, 7) is 2.08. The monoisotopic (exact) mass is 285 g/mol. The molecule has 2 aromatic rings. The van der Waals surface area contributed by atoms with Crippen molar-refractivity contribution in [2.45, 2.75) is 26.4 Å². The van der Waals surface area contributed by atoms with Crippen molar-refractivity contribution >= 4 is 17.0 Å². The Balaban J connectivity index is 1.85. The molecular weight excluding hydrogens is 270 g/mol. The minimum Gasteiger partial charge on any atom is -0.492 e. The van der Waals surface area contributed by atoms with E-state index in [1.807, 2.05) is 0 Å². The summed E-state index contributed by atoms with van der Waals surface area (Å²) < 4.78 is 10.6. The largest absolute Gasteiger partial charge is 0.492 e. The van der Waals surface area contributed by atoms with Crippen LogP contribution in [0.4, 0.5) is 0 Å². The lowest BCUT2D eigenvalue weighted by molar-refractivity contribution is -0.142. The van der Waals surface area contributed by atoms with Gasteiger partial charge in [0.15, 0.2) is 0 Å². The van der Waals surface area contributed by atoms with Crippen LogP contribution >= 0.6 is 0 Å². The van der Waals surface area contributed by atoms with Gasteiger partial charge in [-0.1, -0.05) is 0 Å². The molecule has 1 fully saturated rings. The maximum atomic E-state index is 10.8. The predicted molar refractivity (Wildman–Crippen MR) is 74.5 cm³/mol. The highest BCUT2D eigenvalue weighted by molar-refractivity contribution is 5.79. The topological polar surface area (TPSA) is 88.0 Å². The molecule has 0 spiro atoms. The van der Waals surface area contributed by atoms with Gasteiger partial charge in [0.1, 0.15) is 24.3 Å². The van der Waals surface area contributed by atoms with Crippen molar-refractivity contribution in [3.05, 3.63) is 23.5 Å². The second kappa shape index (κ2) is 5.44. The Bertz CT molecular complexity index is 726. The molecule has 21 heavy (non-hydrogen) atoms. The third-order valence-electron chi connectivity index (χ3n) is 3.34.